The monoisotopic (exact) mass is 290 g/mol. The highest BCUT2D eigenvalue weighted by Gasteiger charge is 2.28. The van der Waals surface area contributed by atoms with E-state index in [2.05, 4.69) is 47.6 Å². The Bertz CT molecular complexity index is 560. The first-order valence-corrected chi connectivity index (χ1v) is 7.81. The van der Waals surface area contributed by atoms with E-state index in [1.807, 2.05) is 23.5 Å². The van der Waals surface area contributed by atoms with Crippen LogP contribution in [0.4, 0.5) is 4.39 Å². The third-order valence-electron chi connectivity index (χ3n) is 3.35. The Morgan fingerprint density at radius 1 is 0.850 bits per heavy atom. The molecule has 1 heterocycles. The predicted molar refractivity (Wildman–Crippen MR) is 87.1 cm³/mol. The number of rotatable bonds is 1. The summed E-state index contributed by atoms with van der Waals surface area (Å²) >= 11 is 1.83. The van der Waals surface area contributed by atoms with Gasteiger partial charge in [0.1, 0.15) is 5.82 Å². The second-order valence-electron chi connectivity index (χ2n) is 7.36. The first-order valence-electron chi connectivity index (χ1n) is 7.00. The van der Waals surface area contributed by atoms with Crippen LogP contribution in [0.3, 0.4) is 0 Å². The minimum absolute atomic E-state index is 0.122. The van der Waals surface area contributed by atoms with Gasteiger partial charge >= 0.3 is 0 Å². The van der Waals surface area contributed by atoms with Gasteiger partial charge in [0.15, 0.2) is 0 Å². The largest absolute Gasteiger partial charge is 0.207 e. The molecule has 2 aromatic rings. The molecule has 108 valence electrons. The summed E-state index contributed by atoms with van der Waals surface area (Å²) in [6.45, 7) is 13.5. The summed E-state index contributed by atoms with van der Waals surface area (Å²) in [6.07, 6.45) is 0. The summed E-state index contributed by atoms with van der Waals surface area (Å²) in [5.41, 5.74) is 2.75. The summed E-state index contributed by atoms with van der Waals surface area (Å²) in [4.78, 5) is 2.64. The van der Waals surface area contributed by atoms with Gasteiger partial charge in [-0.1, -0.05) is 53.7 Å². The van der Waals surface area contributed by atoms with Crippen LogP contribution >= 0.6 is 11.3 Å². The Labute approximate surface area is 125 Å². The molecule has 0 aliphatic heterocycles. The number of thiophene rings is 1. The van der Waals surface area contributed by atoms with Crippen molar-refractivity contribution in [3.05, 3.63) is 46.6 Å². The van der Waals surface area contributed by atoms with E-state index in [1.165, 1.54) is 27.5 Å². The van der Waals surface area contributed by atoms with Crippen molar-refractivity contribution in [2.75, 3.05) is 0 Å². The Hall–Kier alpha value is -1.15. The molecule has 0 atom stereocenters. The fraction of sp³-hybridized carbons (Fsp3) is 0.444. The van der Waals surface area contributed by atoms with E-state index in [1.54, 1.807) is 0 Å². The molecular formula is C18H23FS. The fourth-order valence-corrected chi connectivity index (χ4v) is 3.69. The molecule has 0 radical (unpaired) electrons. The second kappa shape index (κ2) is 5.00. The van der Waals surface area contributed by atoms with Crippen LogP contribution in [0, 0.1) is 5.82 Å². The first-order chi connectivity index (χ1) is 9.09. The lowest BCUT2D eigenvalue weighted by Crippen LogP contribution is -2.19. The third-order valence-corrected chi connectivity index (χ3v) is 4.96. The Morgan fingerprint density at radius 3 is 1.80 bits per heavy atom. The highest BCUT2D eigenvalue weighted by atomic mass is 32.1. The van der Waals surface area contributed by atoms with Gasteiger partial charge in [0.25, 0.3) is 0 Å². The lowest BCUT2D eigenvalue weighted by molar-refractivity contribution is 0.542. The van der Waals surface area contributed by atoms with Gasteiger partial charge in [-0.15, -0.1) is 11.3 Å². The fourth-order valence-electron chi connectivity index (χ4n) is 2.26. The minimum Gasteiger partial charge on any atom is -0.207 e. The highest BCUT2D eigenvalue weighted by Crippen LogP contribution is 2.43. The molecule has 0 aliphatic rings. The molecule has 0 bridgehead atoms. The molecule has 0 nitrogen and oxygen atoms in total. The van der Waals surface area contributed by atoms with Gasteiger partial charge in [0.05, 0.1) is 0 Å². The lowest BCUT2D eigenvalue weighted by atomic mass is 9.80. The molecule has 1 aromatic heterocycles. The van der Waals surface area contributed by atoms with Crippen LogP contribution in [0.2, 0.25) is 0 Å². The van der Waals surface area contributed by atoms with E-state index in [-0.39, 0.29) is 16.6 Å². The number of benzene rings is 1. The van der Waals surface area contributed by atoms with Crippen molar-refractivity contribution < 1.29 is 4.39 Å². The van der Waals surface area contributed by atoms with Crippen molar-refractivity contribution in [2.45, 2.75) is 52.4 Å². The molecular weight excluding hydrogens is 267 g/mol. The van der Waals surface area contributed by atoms with Gasteiger partial charge in [-0.3, -0.25) is 0 Å². The van der Waals surface area contributed by atoms with Crippen molar-refractivity contribution in [3.8, 4) is 10.4 Å². The van der Waals surface area contributed by atoms with E-state index in [9.17, 15) is 4.39 Å². The predicted octanol–water partition coefficient (Wildman–Crippen LogP) is 6.15. The van der Waals surface area contributed by atoms with E-state index >= 15 is 0 Å². The summed E-state index contributed by atoms with van der Waals surface area (Å²) in [5, 5.41) is 0. The SMILES string of the molecule is CC(C)(C)c1cc(-c2ccc(F)cc2)sc1C(C)(C)C. The Kier molecular flexibility index (Phi) is 3.81. The van der Waals surface area contributed by atoms with Gasteiger partial charge in [0.2, 0.25) is 0 Å². The van der Waals surface area contributed by atoms with Crippen LogP contribution in [0.25, 0.3) is 10.4 Å². The summed E-state index contributed by atoms with van der Waals surface area (Å²) in [5.74, 6) is -0.183. The Morgan fingerprint density at radius 2 is 1.40 bits per heavy atom. The van der Waals surface area contributed by atoms with Gasteiger partial charge in [-0.2, -0.15) is 0 Å². The third kappa shape index (κ3) is 3.12. The van der Waals surface area contributed by atoms with E-state index in [4.69, 9.17) is 0 Å². The van der Waals surface area contributed by atoms with E-state index in [0.717, 1.165) is 5.56 Å². The molecule has 20 heavy (non-hydrogen) atoms. The molecule has 0 unspecified atom stereocenters. The van der Waals surface area contributed by atoms with Crippen LogP contribution in [0.15, 0.2) is 30.3 Å². The zero-order chi connectivity index (χ0) is 15.1. The highest BCUT2D eigenvalue weighted by molar-refractivity contribution is 7.15. The Balaban J connectivity index is 2.57. The summed E-state index contributed by atoms with van der Waals surface area (Å²) < 4.78 is 13.1. The molecule has 0 saturated heterocycles. The number of hydrogen-bond donors (Lipinski definition) is 0. The van der Waals surface area contributed by atoms with Crippen molar-refractivity contribution in [3.63, 3.8) is 0 Å². The number of halogens is 1. The van der Waals surface area contributed by atoms with E-state index in [0.29, 0.717) is 0 Å². The first kappa shape index (κ1) is 15.2. The van der Waals surface area contributed by atoms with Crippen LogP contribution in [-0.4, -0.2) is 0 Å². The molecule has 2 rings (SSSR count). The summed E-state index contributed by atoms with van der Waals surface area (Å²) in [7, 11) is 0. The van der Waals surface area contributed by atoms with Gasteiger partial charge in [-0.25, -0.2) is 4.39 Å². The molecule has 0 spiro atoms. The quantitative estimate of drug-likeness (QED) is 0.591. The zero-order valence-electron chi connectivity index (χ0n) is 13.2. The molecule has 1 aromatic carbocycles. The van der Waals surface area contributed by atoms with Crippen molar-refractivity contribution >= 4 is 11.3 Å². The second-order valence-corrected chi connectivity index (χ2v) is 8.41. The summed E-state index contributed by atoms with van der Waals surface area (Å²) in [6, 6.07) is 9.06. The molecule has 0 N–H and O–H groups in total. The van der Waals surface area contributed by atoms with Crippen LogP contribution in [0.5, 0.6) is 0 Å². The van der Waals surface area contributed by atoms with Crippen molar-refractivity contribution in [1.82, 2.24) is 0 Å². The maximum Gasteiger partial charge on any atom is 0.123 e. The molecule has 0 saturated carbocycles. The average Bonchev–Trinajstić information content (AvgIpc) is 2.74. The van der Waals surface area contributed by atoms with Crippen LogP contribution in [-0.2, 0) is 10.8 Å². The smallest absolute Gasteiger partial charge is 0.123 e. The van der Waals surface area contributed by atoms with Gasteiger partial charge in [0, 0.05) is 9.75 Å². The van der Waals surface area contributed by atoms with Gasteiger partial charge in [-0.05, 0) is 40.2 Å². The minimum atomic E-state index is -0.183. The maximum atomic E-state index is 13.1. The molecule has 0 amide bonds. The lowest BCUT2D eigenvalue weighted by Gasteiger charge is -2.26. The van der Waals surface area contributed by atoms with Crippen molar-refractivity contribution in [2.24, 2.45) is 0 Å². The normalized spacial score (nSPS) is 12.8. The topological polar surface area (TPSA) is 0 Å². The molecule has 0 aliphatic carbocycles. The van der Waals surface area contributed by atoms with Crippen LogP contribution in [0.1, 0.15) is 52.0 Å². The van der Waals surface area contributed by atoms with Gasteiger partial charge < -0.3 is 0 Å². The average molecular weight is 290 g/mol. The van der Waals surface area contributed by atoms with Crippen molar-refractivity contribution in [1.29, 1.82) is 0 Å². The standard InChI is InChI=1S/C18H23FS/c1-17(2,3)14-11-15(20-16(14)18(4,5)6)12-7-9-13(19)10-8-12/h7-11H,1-6H3. The molecule has 2 heteroatoms. The van der Waals surface area contributed by atoms with E-state index < -0.39 is 0 Å². The maximum absolute atomic E-state index is 13.1. The number of hydrogen-bond acceptors (Lipinski definition) is 1. The van der Waals surface area contributed by atoms with Crippen LogP contribution < -0.4 is 0 Å². The zero-order valence-corrected chi connectivity index (χ0v) is 14.0. The molecule has 0 fully saturated rings.